The molecule has 4 aromatic rings. The summed E-state index contributed by atoms with van der Waals surface area (Å²) in [5.74, 6) is 0.652. The van der Waals surface area contributed by atoms with Gasteiger partial charge >= 0.3 is 0 Å². The highest BCUT2D eigenvalue weighted by Gasteiger charge is 2.19. The number of benzene rings is 3. The van der Waals surface area contributed by atoms with Gasteiger partial charge in [0.2, 0.25) is 5.91 Å². The van der Waals surface area contributed by atoms with Gasteiger partial charge in [-0.15, -0.1) is 0 Å². The van der Waals surface area contributed by atoms with Crippen LogP contribution < -0.4 is 10.1 Å². The maximum atomic E-state index is 12.8. The summed E-state index contributed by atoms with van der Waals surface area (Å²) in [6, 6.07) is 24.9. The molecule has 0 spiro atoms. The molecule has 5 nitrogen and oxygen atoms in total. The summed E-state index contributed by atoms with van der Waals surface area (Å²) in [5, 5.41) is 8.05. The molecular formula is C23H20N2O3. The van der Waals surface area contributed by atoms with Crippen molar-refractivity contribution in [3.63, 3.8) is 0 Å². The monoisotopic (exact) mass is 372 g/mol. The number of hydrogen-bond donors (Lipinski definition) is 1. The average Bonchev–Trinajstić information content (AvgIpc) is 3.15. The van der Waals surface area contributed by atoms with E-state index in [1.54, 1.807) is 7.11 Å². The molecule has 28 heavy (non-hydrogen) atoms. The first-order chi connectivity index (χ1) is 13.7. The third-order valence-corrected chi connectivity index (χ3v) is 4.67. The summed E-state index contributed by atoms with van der Waals surface area (Å²) < 4.78 is 10.5. The van der Waals surface area contributed by atoms with Gasteiger partial charge in [0.25, 0.3) is 0 Å². The second-order valence-corrected chi connectivity index (χ2v) is 6.49. The molecule has 1 amide bonds. The molecule has 0 saturated heterocycles. The maximum Gasteiger partial charge on any atom is 0.226 e. The lowest BCUT2D eigenvalue weighted by Gasteiger charge is -2.20. The number of amides is 1. The summed E-state index contributed by atoms with van der Waals surface area (Å²) in [4.78, 5) is 12.8. The highest BCUT2D eigenvalue weighted by Crippen LogP contribution is 2.25. The number of para-hydroxylation sites is 1. The zero-order valence-electron chi connectivity index (χ0n) is 15.5. The molecule has 0 aliphatic heterocycles. The molecular weight excluding hydrogens is 352 g/mol. The Hall–Kier alpha value is -3.60. The van der Waals surface area contributed by atoms with E-state index >= 15 is 0 Å². The molecule has 0 saturated carbocycles. The van der Waals surface area contributed by atoms with Crippen LogP contribution in [0.15, 0.2) is 83.4 Å². The van der Waals surface area contributed by atoms with Gasteiger partial charge in [0, 0.05) is 5.39 Å². The van der Waals surface area contributed by atoms with Crippen LogP contribution in [0.1, 0.15) is 22.9 Å². The smallest absolute Gasteiger partial charge is 0.226 e. The van der Waals surface area contributed by atoms with E-state index in [0.29, 0.717) is 11.3 Å². The van der Waals surface area contributed by atoms with Crippen molar-refractivity contribution in [2.24, 2.45) is 0 Å². The Morgan fingerprint density at radius 2 is 1.64 bits per heavy atom. The van der Waals surface area contributed by atoms with Gasteiger partial charge in [0.1, 0.15) is 11.4 Å². The maximum absolute atomic E-state index is 12.8. The first-order valence-corrected chi connectivity index (χ1v) is 9.06. The normalized spacial score (nSPS) is 11.9. The van der Waals surface area contributed by atoms with E-state index < -0.39 is 0 Å². The third-order valence-electron chi connectivity index (χ3n) is 4.67. The predicted octanol–water partition coefficient (Wildman–Crippen LogP) is 4.28. The predicted molar refractivity (Wildman–Crippen MR) is 107 cm³/mol. The van der Waals surface area contributed by atoms with Crippen LogP contribution in [0.2, 0.25) is 0 Å². The van der Waals surface area contributed by atoms with Crippen molar-refractivity contribution >= 4 is 16.9 Å². The van der Waals surface area contributed by atoms with E-state index in [1.165, 1.54) is 0 Å². The molecule has 0 aliphatic rings. The van der Waals surface area contributed by atoms with Crippen LogP contribution >= 0.6 is 0 Å². The van der Waals surface area contributed by atoms with Crippen molar-refractivity contribution in [2.45, 2.75) is 12.5 Å². The molecule has 0 bridgehead atoms. The van der Waals surface area contributed by atoms with Gasteiger partial charge in [0.05, 0.1) is 19.6 Å². The molecule has 0 aliphatic carbocycles. The Balaban J connectivity index is 1.59. The SMILES string of the molecule is COc1ccc(C(NC(=O)Cc2noc3ccccc23)c2ccccc2)cc1. The minimum Gasteiger partial charge on any atom is -0.497 e. The van der Waals surface area contributed by atoms with E-state index in [1.807, 2.05) is 78.9 Å². The summed E-state index contributed by atoms with van der Waals surface area (Å²) >= 11 is 0. The van der Waals surface area contributed by atoms with E-state index in [-0.39, 0.29) is 18.4 Å². The highest BCUT2D eigenvalue weighted by molar-refractivity contribution is 5.86. The van der Waals surface area contributed by atoms with E-state index in [2.05, 4.69) is 10.5 Å². The molecule has 3 aromatic carbocycles. The lowest BCUT2D eigenvalue weighted by atomic mass is 9.98. The second-order valence-electron chi connectivity index (χ2n) is 6.49. The van der Waals surface area contributed by atoms with Crippen LogP contribution in [0.4, 0.5) is 0 Å². The minimum absolute atomic E-state index is 0.122. The molecule has 0 fully saturated rings. The van der Waals surface area contributed by atoms with Crippen molar-refractivity contribution in [1.82, 2.24) is 10.5 Å². The Morgan fingerprint density at radius 3 is 2.39 bits per heavy atom. The van der Waals surface area contributed by atoms with E-state index in [4.69, 9.17) is 9.26 Å². The van der Waals surface area contributed by atoms with Crippen LogP contribution in [-0.4, -0.2) is 18.2 Å². The first kappa shape index (κ1) is 17.8. The van der Waals surface area contributed by atoms with Gasteiger partial charge in [-0.05, 0) is 35.4 Å². The van der Waals surface area contributed by atoms with Crippen molar-refractivity contribution in [3.8, 4) is 5.75 Å². The van der Waals surface area contributed by atoms with Crippen LogP contribution in [0.5, 0.6) is 5.75 Å². The summed E-state index contributed by atoms with van der Waals surface area (Å²) in [7, 11) is 1.63. The fourth-order valence-electron chi connectivity index (χ4n) is 3.23. The number of ether oxygens (including phenoxy) is 1. The molecule has 1 unspecified atom stereocenters. The number of rotatable bonds is 6. The molecule has 0 radical (unpaired) electrons. The van der Waals surface area contributed by atoms with Gasteiger partial charge in [0.15, 0.2) is 5.58 Å². The number of methoxy groups -OCH3 is 1. The van der Waals surface area contributed by atoms with Gasteiger partial charge in [-0.25, -0.2) is 0 Å². The molecule has 4 rings (SSSR count). The van der Waals surface area contributed by atoms with Crippen molar-refractivity contribution < 1.29 is 14.1 Å². The quantitative estimate of drug-likeness (QED) is 0.548. The number of carbonyl (C=O) groups is 1. The van der Waals surface area contributed by atoms with Crippen molar-refractivity contribution in [2.75, 3.05) is 7.11 Å². The molecule has 1 aromatic heterocycles. The number of aromatic nitrogens is 1. The fraction of sp³-hybridized carbons (Fsp3) is 0.130. The zero-order chi connectivity index (χ0) is 19.3. The first-order valence-electron chi connectivity index (χ1n) is 9.06. The molecule has 5 heteroatoms. The Kier molecular flexibility index (Phi) is 5.06. The van der Waals surface area contributed by atoms with Gasteiger partial charge in [-0.3, -0.25) is 4.79 Å². The topological polar surface area (TPSA) is 64.4 Å². The minimum atomic E-state index is -0.266. The highest BCUT2D eigenvalue weighted by atomic mass is 16.5. The molecule has 1 atom stereocenters. The number of nitrogens with one attached hydrogen (secondary N) is 1. The van der Waals surface area contributed by atoms with E-state index in [0.717, 1.165) is 22.3 Å². The van der Waals surface area contributed by atoms with Crippen LogP contribution in [0, 0.1) is 0 Å². The molecule has 1 heterocycles. The van der Waals surface area contributed by atoms with Crippen molar-refractivity contribution in [3.05, 3.63) is 95.7 Å². The largest absolute Gasteiger partial charge is 0.497 e. The van der Waals surface area contributed by atoms with Crippen molar-refractivity contribution in [1.29, 1.82) is 0 Å². The van der Waals surface area contributed by atoms with Crippen LogP contribution in [0.3, 0.4) is 0 Å². The third kappa shape index (κ3) is 3.74. The Morgan fingerprint density at radius 1 is 0.964 bits per heavy atom. The lowest BCUT2D eigenvalue weighted by Crippen LogP contribution is -2.30. The molecule has 1 N–H and O–H groups in total. The fourth-order valence-corrected chi connectivity index (χ4v) is 3.23. The summed E-state index contributed by atoms with van der Waals surface area (Å²) in [6.07, 6.45) is 0.149. The Labute approximate surface area is 162 Å². The molecule has 140 valence electrons. The van der Waals surface area contributed by atoms with Gasteiger partial charge in [-0.2, -0.15) is 0 Å². The number of carbonyl (C=O) groups excluding carboxylic acids is 1. The zero-order valence-corrected chi connectivity index (χ0v) is 15.5. The summed E-state index contributed by atoms with van der Waals surface area (Å²) in [5.41, 5.74) is 3.30. The van der Waals surface area contributed by atoms with Gasteiger partial charge in [-0.1, -0.05) is 59.8 Å². The van der Waals surface area contributed by atoms with Crippen LogP contribution in [-0.2, 0) is 11.2 Å². The number of hydrogen-bond acceptors (Lipinski definition) is 4. The van der Waals surface area contributed by atoms with Gasteiger partial charge < -0.3 is 14.6 Å². The van der Waals surface area contributed by atoms with Crippen LogP contribution in [0.25, 0.3) is 11.0 Å². The summed E-state index contributed by atoms with van der Waals surface area (Å²) in [6.45, 7) is 0. The average molecular weight is 372 g/mol. The second kappa shape index (κ2) is 7.96. The standard InChI is InChI=1S/C23H20N2O3/c1-27-18-13-11-17(12-14-18)23(16-7-3-2-4-8-16)24-22(26)15-20-19-9-5-6-10-21(19)28-25-20/h2-14,23H,15H2,1H3,(H,24,26). The Bertz CT molecular complexity index is 1070. The van der Waals surface area contributed by atoms with E-state index in [9.17, 15) is 4.79 Å². The lowest BCUT2D eigenvalue weighted by molar-refractivity contribution is -0.121. The number of nitrogens with zero attached hydrogens (tertiary/aromatic N) is 1. The number of fused-ring (bicyclic) bond motifs is 1.